The van der Waals surface area contributed by atoms with E-state index >= 15 is 0 Å². The van der Waals surface area contributed by atoms with Gasteiger partial charge < -0.3 is 21.5 Å². The van der Waals surface area contributed by atoms with Crippen LogP contribution < -0.4 is 16.4 Å². The number of carbonyl (C=O) groups excluding carboxylic acids is 1. The van der Waals surface area contributed by atoms with Crippen LogP contribution in [0.25, 0.3) is 0 Å². The minimum absolute atomic E-state index is 0.305. The first-order valence-electron chi connectivity index (χ1n) is 7.20. The number of hydrogen-bond donors (Lipinski definition) is 4. The molecule has 0 bridgehead atoms. The lowest BCUT2D eigenvalue weighted by molar-refractivity contribution is -0.139. The van der Waals surface area contributed by atoms with E-state index in [4.69, 9.17) is 10.8 Å². The SMILES string of the molecule is Nc1cccc(NC(=O)[C@H](CC(=O)O)NCc2ccccc2)c1. The first kappa shape index (κ1) is 16.5. The number of aliphatic carboxylic acids is 1. The van der Waals surface area contributed by atoms with E-state index in [2.05, 4.69) is 10.6 Å². The molecule has 0 spiro atoms. The Morgan fingerprint density at radius 3 is 2.48 bits per heavy atom. The minimum atomic E-state index is -1.04. The van der Waals surface area contributed by atoms with Crippen molar-refractivity contribution in [2.24, 2.45) is 0 Å². The summed E-state index contributed by atoms with van der Waals surface area (Å²) in [4.78, 5) is 23.3. The van der Waals surface area contributed by atoms with Crippen LogP contribution >= 0.6 is 0 Å². The van der Waals surface area contributed by atoms with Gasteiger partial charge in [-0.2, -0.15) is 0 Å². The van der Waals surface area contributed by atoms with Gasteiger partial charge in [0.2, 0.25) is 5.91 Å². The molecule has 120 valence electrons. The lowest BCUT2D eigenvalue weighted by Gasteiger charge is -2.17. The fraction of sp³-hybridized carbons (Fsp3) is 0.176. The van der Waals surface area contributed by atoms with E-state index in [1.807, 2.05) is 30.3 Å². The number of carboxylic acids is 1. The van der Waals surface area contributed by atoms with Crippen molar-refractivity contribution in [1.29, 1.82) is 0 Å². The van der Waals surface area contributed by atoms with Gasteiger partial charge in [0, 0.05) is 17.9 Å². The van der Waals surface area contributed by atoms with Gasteiger partial charge in [-0.05, 0) is 23.8 Å². The molecule has 0 aliphatic rings. The Morgan fingerprint density at radius 2 is 1.83 bits per heavy atom. The van der Waals surface area contributed by atoms with Crippen molar-refractivity contribution < 1.29 is 14.7 Å². The predicted octanol–water partition coefficient (Wildman–Crippen LogP) is 1.84. The van der Waals surface area contributed by atoms with Crippen molar-refractivity contribution in [2.45, 2.75) is 19.0 Å². The van der Waals surface area contributed by atoms with E-state index in [0.29, 0.717) is 17.9 Å². The zero-order valence-corrected chi connectivity index (χ0v) is 12.5. The van der Waals surface area contributed by atoms with Crippen molar-refractivity contribution in [3.63, 3.8) is 0 Å². The Hall–Kier alpha value is -2.86. The predicted molar refractivity (Wildman–Crippen MR) is 88.8 cm³/mol. The highest BCUT2D eigenvalue weighted by atomic mass is 16.4. The summed E-state index contributed by atoms with van der Waals surface area (Å²) >= 11 is 0. The van der Waals surface area contributed by atoms with E-state index in [9.17, 15) is 9.59 Å². The number of benzene rings is 2. The second-order valence-electron chi connectivity index (χ2n) is 5.13. The van der Waals surface area contributed by atoms with Crippen molar-refractivity contribution in [2.75, 3.05) is 11.1 Å². The van der Waals surface area contributed by atoms with E-state index in [0.717, 1.165) is 5.56 Å². The number of nitrogens with two attached hydrogens (primary N) is 1. The van der Waals surface area contributed by atoms with Gasteiger partial charge in [-0.15, -0.1) is 0 Å². The van der Waals surface area contributed by atoms with E-state index < -0.39 is 17.9 Å². The number of anilines is 2. The Labute approximate surface area is 134 Å². The first-order valence-corrected chi connectivity index (χ1v) is 7.20. The van der Waals surface area contributed by atoms with Crippen LogP contribution in [0, 0.1) is 0 Å². The van der Waals surface area contributed by atoms with Crippen LogP contribution in [0.1, 0.15) is 12.0 Å². The Balaban J connectivity index is 2.01. The summed E-state index contributed by atoms with van der Waals surface area (Å²) < 4.78 is 0. The van der Waals surface area contributed by atoms with Gasteiger partial charge >= 0.3 is 5.97 Å². The van der Waals surface area contributed by atoms with E-state index in [1.54, 1.807) is 24.3 Å². The summed E-state index contributed by atoms with van der Waals surface area (Å²) in [6.07, 6.45) is -0.305. The highest BCUT2D eigenvalue weighted by Crippen LogP contribution is 2.12. The van der Waals surface area contributed by atoms with Crippen LogP contribution in [0.4, 0.5) is 11.4 Å². The van der Waals surface area contributed by atoms with Crippen LogP contribution in [0.5, 0.6) is 0 Å². The van der Waals surface area contributed by atoms with Gasteiger partial charge in [-0.3, -0.25) is 9.59 Å². The number of nitrogens with one attached hydrogen (secondary N) is 2. The Kier molecular flexibility index (Phi) is 5.71. The molecule has 6 nitrogen and oxygen atoms in total. The average molecular weight is 313 g/mol. The monoisotopic (exact) mass is 313 g/mol. The molecule has 6 heteroatoms. The summed E-state index contributed by atoms with van der Waals surface area (Å²) in [5.41, 5.74) is 7.69. The van der Waals surface area contributed by atoms with Crippen LogP contribution in [-0.4, -0.2) is 23.0 Å². The molecule has 0 aliphatic heterocycles. The lowest BCUT2D eigenvalue weighted by Crippen LogP contribution is -2.41. The molecule has 0 aliphatic carbocycles. The van der Waals surface area contributed by atoms with Crippen LogP contribution in [0.15, 0.2) is 54.6 Å². The summed E-state index contributed by atoms with van der Waals surface area (Å²) in [7, 11) is 0. The third-order valence-corrected chi connectivity index (χ3v) is 3.24. The highest BCUT2D eigenvalue weighted by Gasteiger charge is 2.21. The molecule has 1 amide bonds. The fourth-order valence-corrected chi connectivity index (χ4v) is 2.11. The fourth-order valence-electron chi connectivity index (χ4n) is 2.11. The molecule has 1 atom stereocenters. The highest BCUT2D eigenvalue weighted by molar-refractivity contribution is 5.97. The Morgan fingerprint density at radius 1 is 1.09 bits per heavy atom. The van der Waals surface area contributed by atoms with Gasteiger partial charge in [0.25, 0.3) is 0 Å². The maximum Gasteiger partial charge on any atom is 0.305 e. The summed E-state index contributed by atoms with van der Waals surface area (Å²) in [6.45, 7) is 0.406. The van der Waals surface area contributed by atoms with Crippen LogP contribution in [0.3, 0.4) is 0 Å². The number of amides is 1. The molecule has 0 fully saturated rings. The maximum atomic E-state index is 12.3. The number of hydrogen-bond acceptors (Lipinski definition) is 4. The smallest absolute Gasteiger partial charge is 0.305 e. The molecule has 2 aromatic carbocycles. The molecular weight excluding hydrogens is 294 g/mol. The molecule has 5 N–H and O–H groups in total. The van der Waals surface area contributed by atoms with Crippen molar-refractivity contribution in [3.8, 4) is 0 Å². The average Bonchev–Trinajstić information content (AvgIpc) is 2.52. The Bertz CT molecular complexity index is 674. The molecule has 0 aromatic heterocycles. The minimum Gasteiger partial charge on any atom is -0.481 e. The number of carboxylic acid groups (broad SMARTS) is 1. The second-order valence-corrected chi connectivity index (χ2v) is 5.13. The van der Waals surface area contributed by atoms with Crippen LogP contribution in [-0.2, 0) is 16.1 Å². The number of nitrogen functional groups attached to an aromatic ring is 1. The third kappa shape index (κ3) is 5.44. The van der Waals surface area contributed by atoms with Gasteiger partial charge in [0.1, 0.15) is 0 Å². The second kappa shape index (κ2) is 7.95. The molecule has 23 heavy (non-hydrogen) atoms. The molecular formula is C17H19N3O3. The third-order valence-electron chi connectivity index (χ3n) is 3.24. The lowest BCUT2D eigenvalue weighted by atomic mass is 10.1. The quantitative estimate of drug-likeness (QED) is 0.584. The molecule has 0 saturated heterocycles. The zero-order valence-electron chi connectivity index (χ0n) is 12.5. The number of rotatable bonds is 7. The van der Waals surface area contributed by atoms with Crippen LogP contribution in [0.2, 0.25) is 0 Å². The standard InChI is InChI=1S/C17H19N3O3/c18-13-7-4-8-14(9-13)20-17(23)15(10-16(21)22)19-11-12-5-2-1-3-6-12/h1-9,15,19H,10-11,18H2,(H,20,23)(H,21,22)/t15-/m0/s1. The topological polar surface area (TPSA) is 104 Å². The van der Waals surface area contributed by atoms with Crippen molar-refractivity contribution in [1.82, 2.24) is 5.32 Å². The van der Waals surface area contributed by atoms with Gasteiger partial charge in [0.05, 0.1) is 12.5 Å². The largest absolute Gasteiger partial charge is 0.481 e. The molecule has 0 saturated carbocycles. The maximum absolute atomic E-state index is 12.3. The summed E-state index contributed by atoms with van der Waals surface area (Å²) in [5.74, 6) is -1.45. The van der Waals surface area contributed by atoms with E-state index in [-0.39, 0.29) is 6.42 Å². The summed E-state index contributed by atoms with van der Waals surface area (Å²) in [6, 6.07) is 15.4. The zero-order chi connectivity index (χ0) is 16.7. The van der Waals surface area contributed by atoms with Gasteiger partial charge in [-0.25, -0.2) is 0 Å². The van der Waals surface area contributed by atoms with Crippen molar-refractivity contribution >= 4 is 23.3 Å². The normalized spacial score (nSPS) is 11.7. The molecule has 0 heterocycles. The molecule has 0 radical (unpaired) electrons. The van der Waals surface area contributed by atoms with E-state index in [1.165, 1.54) is 0 Å². The van der Waals surface area contributed by atoms with Gasteiger partial charge in [0.15, 0.2) is 0 Å². The molecule has 0 unspecified atom stereocenters. The first-order chi connectivity index (χ1) is 11.0. The van der Waals surface area contributed by atoms with Crippen molar-refractivity contribution in [3.05, 3.63) is 60.2 Å². The molecule has 2 aromatic rings. The molecule has 2 rings (SSSR count). The van der Waals surface area contributed by atoms with Gasteiger partial charge in [-0.1, -0.05) is 36.4 Å². The number of carbonyl (C=O) groups is 2. The summed E-state index contributed by atoms with van der Waals surface area (Å²) in [5, 5.41) is 14.7.